The lowest BCUT2D eigenvalue weighted by Gasteiger charge is -2.36. The molecule has 0 spiro atoms. The Bertz CT molecular complexity index is 697. The number of carbonyl (C=O) groups is 2. The maximum Gasteiger partial charge on any atom is 0.231 e. The van der Waals surface area contributed by atoms with Gasteiger partial charge in [0.2, 0.25) is 11.6 Å². The molecule has 0 amide bonds. The summed E-state index contributed by atoms with van der Waals surface area (Å²) >= 11 is 0. The number of hydrogen-bond acceptors (Lipinski definition) is 2. The summed E-state index contributed by atoms with van der Waals surface area (Å²) in [5.41, 5.74) is -0.197. The molecule has 3 rings (SSSR count). The summed E-state index contributed by atoms with van der Waals surface area (Å²) < 4.78 is 28.2. The molecule has 4 heteroatoms. The summed E-state index contributed by atoms with van der Waals surface area (Å²) in [6, 6.07) is 2.66. The summed E-state index contributed by atoms with van der Waals surface area (Å²) in [6.45, 7) is 4.03. The molecule has 1 aromatic rings. The van der Waals surface area contributed by atoms with Crippen LogP contribution in [0.3, 0.4) is 0 Å². The highest BCUT2D eigenvalue weighted by Gasteiger charge is 2.35. The molecule has 0 unspecified atom stereocenters. The first kappa shape index (κ1) is 20.2. The first-order valence-corrected chi connectivity index (χ1v) is 10.5. The number of hydrogen-bond donors (Lipinski definition) is 0. The second-order valence-electron chi connectivity index (χ2n) is 8.58. The predicted molar refractivity (Wildman–Crippen MR) is 102 cm³/mol. The van der Waals surface area contributed by atoms with Crippen LogP contribution in [0.15, 0.2) is 12.1 Å². The molecule has 0 heterocycles. The van der Waals surface area contributed by atoms with Crippen molar-refractivity contribution in [2.24, 2.45) is 23.7 Å². The number of carbonyl (C=O) groups excluding carboxylic acids is 2. The minimum atomic E-state index is -1.18. The van der Waals surface area contributed by atoms with Gasteiger partial charge in [-0.1, -0.05) is 32.8 Å². The van der Waals surface area contributed by atoms with Crippen molar-refractivity contribution in [1.29, 1.82) is 0 Å². The van der Waals surface area contributed by atoms with Gasteiger partial charge in [-0.3, -0.25) is 9.59 Å². The quantitative estimate of drug-likeness (QED) is 0.473. The Kier molecular flexibility index (Phi) is 6.44. The molecule has 0 radical (unpaired) electrons. The zero-order chi connectivity index (χ0) is 19.6. The molecule has 0 atom stereocenters. The van der Waals surface area contributed by atoms with E-state index in [0.717, 1.165) is 24.7 Å². The van der Waals surface area contributed by atoms with Crippen molar-refractivity contribution in [1.82, 2.24) is 0 Å². The van der Waals surface area contributed by atoms with Crippen LogP contribution in [0.25, 0.3) is 0 Å². The average molecular weight is 376 g/mol. The molecule has 2 nitrogen and oxygen atoms in total. The van der Waals surface area contributed by atoms with Crippen LogP contribution in [-0.4, -0.2) is 11.6 Å². The molecule has 27 heavy (non-hydrogen) atoms. The van der Waals surface area contributed by atoms with Crippen molar-refractivity contribution < 1.29 is 18.4 Å². The summed E-state index contributed by atoms with van der Waals surface area (Å²) in [7, 11) is 0. The van der Waals surface area contributed by atoms with Gasteiger partial charge in [0.25, 0.3) is 0 Å². The van der Waals surface area contributed by atoms with Crippen LogP contribution in [0, 0.1) is 35.3 Å². The number of rotatable bonds is 5. The van der Waals surface area contributed by atoms with Gasteiger partial charge in [-0.05, 0) is 74.3 Å². The van der Waals surface area contributed by atoms with Crippen molar-refractivity contribution in [3.8, 4) is 0 Å². The first-order valence-electron chi connectivity index (χ1n) is 10.5. The Hall–Kier alpha value is -1.58. The highest BCUT2D eigenvalue weighted by Crippen LogP contribution is 2.41. The Morgan fingerprint density at radius 2 is 1.44 bits per heavy atom. The lowest BCUT2D eigenvalue weighted by molar-refractivity contribution is -0.120. The standard InChI is InChI=1S/C23H30F2O2/c1-3-15-12-13-19(21(25)20(15)24)23(27)22(26)18-10-8-17(9-11-18)16-6-4-14(2)5-7-16/h12-14,16-18H,3-11H2,1-2H3. The summed E-state index contributed by atoms with van der Waals surface area (Å²) in [4.78, 5) is 25.1. The zero-order valence-corrected chi connectivity index (χ0v) is 16.4. The summed E-state index contributed by atoms with van der Waals surface area (Å²) in [5.74, 6) is -1.73. The van der Waals surface area contributed by atoms with Gasteiger partial charge in [-0.15, -0.1) is 0 Å². The van der Waals surface area contributed by atoms with Crippen molar-refractivity contribution in [3.63, 3.8) is 0 Å². The summed E-state index contributed by atoms with van der Waals surface area (Å²) in [5, 5.41) is 0. The predicted octanol–water partition coefficient (Wildman–Crippen LogP) is 5.91. The van der Waals surface area contributed by atoms with E-state index in [1.165, 1.54) is 37.8 Å². The topological polar surface area (TPSA) is 34.1 Å². The van der Waals surface area contributed by atoms with E-state index in [2.05, 4.69) is 6.92 Å². The number of benzene rings is 1. The summed E-state index contributed by atoms with van der Waals surface area (Å²) in [6.07, 6.45) is 8.80. The van der Waals surface area contributed by atoms with E-state index in [1.807, 2.05) is 0 Å². The first-order chi connectivity index (χ1) is 12.9. The van der Waals surface area contributed by atoms with Gasteiger partial charge < -0.3 is 0 Å². The van der Waals surface area contributed by atoms with Gasteiger partial charge in [0, 0.05) is 5.92 Å². The van der Waals surface area contributed by atoms with Gasteiger partial charge in [-0.25, -0.2) is 8.78 Å². The maximum atomic E-state index is 14.2. The molecule has 0 bridgehead atoms. The number of Topliss-reactive ketones (excluding diaryl/α,β-unsaturated/α-hetero) is 2. The molecule has 0 aromatic heterocycles. The minimum Gasteiger partial charge on any atom is -0.290 e. The third-order valence-corrected chi connectivity index (χ3v) is 6.88. The van der Waals surface area contributed by atoms with E-state index >= 15 is 0 Å². The van der Waals surface area contributed by atoms with E-state index < -0.39 is 28.8 Å². The Morgan fingerprint density at radius 3 is 2.00 bits per heavy atom. The SMILES string of the molecule is CCc1ccc(C(=O)C(=O)C2CCC(C3CCC(C)CC3)CC2)c(F)c1F. The Morgan fingerprint density at radius 1 is 0.889 bits per heavy atom. The van der Waals surface area contributed by atoms with Crippen LogP contribution in [0.5, 0.6) is 0 Å². The monoisotopic (exact) mass is 376 g/mol. The molecule has 2 aliphatic rings. The smallest absolute Gasteiger partial charge is 0.231 e. The van der Waals surface area contributed by atoms with E-state index in [1.54, 1.807) is 6.92 Å². The molecular weight excluding hydrogens is 346 g/mol. The molecule has 0 aliphatic heterocycles. The fourth-order valence-electron chi connectivity index (χ4n) is 4.97. The second kappa shape index (κ2) is 8.62. The van der Waals surface area contributed by atoms with Crippen LogP contribution in [0.2, 0.25) is 0 Å². The van der Waals surface area contributed by atoms with Crippen molar-refractivity contribution in [3.05, 3.63) is 34.9 Å². The average Bonchev–Trinajstić information content (AvgIpc) is 2.70. The normalized spacial score (nSPS) is 28.7. The van der Waals surface area contributed by atoms with Crippen LogP contribution in [0.4, 0.5) is 8.78 Å². The lowest BCUT2D eigenvalue weighted by Crippen LogP contribution is -2.31. The van der Waals surface area contributed by atoms with Gasteiger partial charge in [0.05, 0.1) is 5.56 Å². The lowest BCUT2D eigenvalue weighted by atomic mass is 9.68. The molecule has 0 N–H and O–H groups in total. The van der Waals surface area contributed by atoms with Crippen LogP contribution in [0.1, 0.15) is 81.1 Å². The molecule has 2 fully saturated rings. The van der Waals surface area contributed by atoms with E-state index in [0.29, 0.717) is 25.2 Å². The number of halogens is 2. The van der Waals surface area contributed by atoms with Gasteiger partial charge in [-0.2, -0.15) is 0 Å². The second-order valence-corrected chi connectivity index (χ2v) is 8.58. The Labute approximate surface area is 160 Å². The number of ketones is 2. The van der Waals surface area contributed by atoms with Crippen molar-refractivity contribution in [2.45, 2.75) is 71.6 Å². The van der Waals surface area contributed by atoms with Crippen LogP contribution < -0.4 is 0 Å². The van der Waals surface area contributed by atoms with E-state index in [9.17, 15) is 18.4 Å². The van der Waals surface area contributed by atoms with E-state index in [4.69, 9.17) is 0 Å². The number of aryl methyl sites for hydroxylation is 1. The molecule has 0 saturated heterocycles. The molecule has 148 valence electrons. The molecule has 1 aromatic carbocycles. The largest absolute Gasteiger partial charge is 0.290 e. The molecule has 2 aliphatic carbocycles. The van der Waals surface area contributed by atoms with Crippen LogP contribution in [-0.2, 0) is 11.2 Å². The zero-order valence-electron chi connectivity index (χ0n) is 16.4. The maximum absolute atomic E-state index is 14.2. The van der Waals surface area contributed by atoms with Crippen LogP contribution >= 0.6 is 0 Å². The molecular formula is C23H30F2O2. The fraction of sp³-hybridized carbons (Fsp3) is 0.652. The van der Waals surface area contributed by atoms with E-state index in [-0.39, 0.29) is 11.5 Å². The van der Waals surface area contributed by atoms with Gasteiger partial charge in [0.15, 0.2) is 11.6 Å². The van der Waals surface area contributed by atoms with Gasteiger partial charge >= 0.3 is 0 Å². The fourth-order valence-corrected chi connectivity index (χ4v) is 4.97. The highest BCUT2D eigenvalue weighted by atomic mass is 19.2. The van der Waals surface area contributed by atoms with Crippen molar-refractivity contribution >= 4 is 11.6 Å². The van der Waals surface area contributed by atoms with Crippen molar-refractivity contribution in [2.75, 3.05) is 0 Å². The Balaban J connectivity index is 1.61. The third kappa shape index (κ3) is 4.30. The highest BCUT2D eigenvalue weighted by molar-refractivity contribution is 6.44. The third-order valence-electron chi connectivity index (χ3n) is 6.88. The minimum absolute atomic E-state index is 0.221. The molecule has 2 saturated carbocycles. The van der Waals surface area contributed by atoms with Gasteiger partial charge in [0.1, 0.15) is 0 Å².